The molecule has 1 aliphatic rings. The minimum absolute atomic E-state index is 0.0611. The van der Waals surface area contributed by atoms with Gasteiger partial charge in [0.2, 0.25) is 5.91 Å². The van der Waals surface area contributed by atoms with Crippen LogP contribution in [0.2, 0.25) is 0 Å². The van der Waals surface area contributed by atoms with Gasteiger partial charge in [-0.2, -0.15) is 0 Å². The first-order chi connectivity index (χ1) is 8.08. The average Bonchev–Trinajstić information content (AvgIpc) is 2.78. The molecule has 1 amide bonds. The Hall–Kier alpha value is -1.85. The fourth-order valence-electron chi connectivity index (χ4n) is 2.01. The third kappa shape index (κ3) is 2.46. The van der Waals surface area contributed by atoms with Crippen molar-refractivity contribution in [1.29, 1.82) is 0 Å². The summed E-state index contributed by atoms with van der Waals surface area (Å²) in [5, 5.41) is 8.74. The van der Waals surface area contributed by atoms with Gasteiger partial charge in [-0.1, -0.05) is 0 Å². The van der Waals surface area contributed by atoms with Crippen LogP contribution in [0.3, 0.4) is 0 Å². The zero-order valence-corrected chi connectivity index (χ0v) is 9.55. The molecule has 0 radical (unpaired) electrons. The molecule has 1 aromatic rings. The molecule has 6 heteroatoms. The third-order valence-electron chi connectivity index (χ3n) is 3.03. The summed E-state index contributed by atoms with van der Waals surface area (Å²) in [7, 11) is 0. The minimum Gasteiger partial charge on any atom is -0.476 e. The molecular formula is C11H14N2O4. The van der Waals surface area contributed by atoms with E-state index in [0.29, 0.717) is 19.0 Å². The van der Waals surface area contributed by atoms with Crippen LogP contribution in [0, 0.1) is 0 Å². The van der Waals surface area contributed by atoms with Crippen molar-refractivity contribution in [2.45, 2.75) is 25.7 Å². The molecule has 1 aromatic heterocycles. The number of carboxylic acids is 1. The second-order valence-corrected chi connectivity index (χ2v) is 4.16. The van der Waals surface area contributed by atoms with Crippen LogP contribution in [0.5, 0.6) is 0 Å². The van der Waals surface area contributed by atoms with E-state index in [0.717, 1.165) is 19.1 Å². The maximum absolute atomic E-state index is 11.1. The zero-order valence-electron chi connectivity index (χ0n) is 9.55. The predicted molar refractivity (Wildman–Crippen MR) is 57.7 cm³/mol. The number of carboxylic acid groups (broad SMARTS) is 1. The van der Waals surface area contributed by atoms with E-state index in [-0.39, 0.29) is 17.5 Å². The van der Waals surface area contributed by atoms with E-state index in [2.05, 4.69) is 4.98 Å². The lowest BCUT2D eigenvalue weighted by Crippen LogP contribution is -2.36. The average molecular weight is 238 g/mol. The normalized spacial score (nSPS) is 17.1. The number of rotatable bonds is 2. The molecule has 0 spiro atoms. The van der Waals surface area contributed by atoms with Gasteiger partial charge in [-0.25, -0.2) is 9.78 Å². The fourth-order valence-corrected chi connectivity index (χ4v) is 2.01. The molecular weight excluding hydrogens is 224 g/mol. The summed E-state index contributed by atoms with van der Waals surface area (Å²) in [6.07, 6.45) is 2.69. The first-order valence-corrected chi connectivity index (χ1v) is 5.52. The van der Waals surface area contributed by atoms with Gasteiger partial charge in [0.05, 0.1) is 0 Å². The molecule has 1 aliphatic heterocycles. The van der Waals surface area contributed by atoms with Crippen LogP contribution in [0.25, 0.3) is 0 Å². The second kappa shape index (κ2) is 4.57. The van der Waals surface area contributed by atoms with Crippen molar-refractivity contribution in [3.8, 4) is 0 Å². The van der Waals surface area contributed by atoms with Crippen LogP contribution in [0.1, 0.15) is 42.1 Å². The van der Waals surface area contributed by atoms with E-state index in [1.165, 1.54) is 0 Å². The van der Waals surface area contributed by atoms with Crippen LogP contribution in [-0.2, 0) is 4.79 Å². The maximum atomic E-state index is 11.1. The lowest BCUT2D eigenvalue weighted by Gasteiger charge is -2.29. The van der Waals surface area contributed by atoms with Gasteiger partial charge >= 0.3 is 5.97 Å². The number of carbonyl (C=O) groups is 2. The number of hydrogen-bond donors (Lipinski definition) is 1. The fraction of sp³-hybridized carbons (Fsp3) is 0.545. The van der Waals surface area contributed by atoms with Crippen molar-refractivity contribution >= 4 is 11.9 Å². The number of aromatic carboxylic acids is 1. The molecule has 17 heavy (non-hydrogen) atoms. The van der Waals surface area contributed by atoms with Gasteiger partial charge < -0.3 is 14.4 Å². The molecule has 1 fully saturated rings. The molecule has 6 nitrogen and oxygen atoms in total. The van der Waals surface area contributed by atoms with Crippen LogP contribution >= 0.6 is 0 Å². The Morgan fingerprint density at radius 1 is 1.47 bits per heavy atom. The topological polar surface area (TPSA) is 83.6 Å². The smallest absolute Gasteiger partial charge is 0.357 e. The van der Waals surface area contributed by atoms with Crippen molar-refractivity contribution < 1.29 is 19.1 Å². The molecule has 2 heterocycles. The van der Waals surface area contributed by atoms with Crippen LogP contribution in [-0.4, -0.2) is 40.0 Å². The Morgan fingerprint density at radius 2 is 2.12 bits per heavy atom. The molecule has 1 N–H and O–H groups in total. The molecule has 0 atom stereocenters. The largest absolute Gasteiger partial charge is 0.476 e. The molecule has 1 saturated heterocycles. The number of hydrogen-bond acceptors (Lipinski definition) is 4. The third-order valence-corrected chi connectivity index (χ3v) is 3.03. The number of likely N-dealkylation sites (tertiary alicyclic amines) is 1. The first kappa shape index (κ1) is 11.6. The standard InChI is InChI=1S/C11H14N2O4/c1-7(14)13-4-2-8(3-5-13)10-12-9(6-17-10)11(15)16/h6,8H,2-5H2,1H3,(H,15,16). The molecule has 0 aliphatic carbocycles. The summed E-state index contributed by atoms with van der Waals surface area (Å²) >= 11 is 0. The van der Waals surface area contributed by atoms with Crippen LogP contribution in [0.4, 0.5) is 0 Å². The Balaban J connectivity index is 2.00. The van der Waals surface area contributed by atoms with Gasteiger partial charge in [-0.3, -0.25) is 4.79 Å². The zero-order chi connectivity index (χ0) is 12.4. The lowest BCUT2D eigenvalue weighted by atomic mass is 9.97. The maximum Gasteiger partial charge on any atom is 0.357 e. The van der Waals surface area contributed by atoms with Gasteiger partial charge in [-0.15, -0.1) is 0 Å². The minimum atomic E-state index is -1.08. The molecule has 0 saturated carbocycles. The highest BCUT2D eigenvalue weighted by molar-refractivity contribution is 5.84. The quantitative estimate of drug-likeness (QED) is 0.834. The van der Waals surface area contributed by atoms with E-state index in [9.17, 15) is 9.59 Å². The van der Waals surface area contributed by atoms with E-state index in [1.807, 2.05) is 0 Å². The second-order valence-electron chi connectivity index (χ2n) is 4.16. The van der Waals surface area contributed by atoms with E-state index < -0.39 is 5.97 Å². The van der Waals surface area contributed by atoms with Gasteiger partial charge in [0.1, 0.15) is 6.26 Å². The molecule has 0 unspecified atom stereocenters. The van der Waals surface area contributed by atoms with E-state index in [1.54, 1.807) is 11.8 Å². The number of oxazole rings is 1. The molecule has 0 bridgehead atoms. The van der Waals surface area contributed by atoms with Crippen LogP contribution in [0.15, 0.2) is 10.7 Å². The molecule has 0 aromatic carbocycles. The Morgan fingerprint density at radius 3 is 2.59 bits per heavy atom. The number of piperidine rings is 1. The summed E-state index contributed by atoms with van der Waals surface area (Å²) in [5.74, 6) is -0.437. The van der Waals surface area contributed by atoms with E-state index in [4.69, 9.17) is 9.52 Å². The summed E-state index contributed by atoms with van der Waals surface area (Å²) in [6.45, 7) is 2.89. The van der Waals surface area contributed by atoms with Crippen molar-refractivity contribution in [3.63, 3.8) is 0 Å². The Kier molecular flexibility index (Phi) is 3.12. The number of nitrogens with zero attached hydrogens (tertiary/aromatic N) is 2. The van der Waals surface area contributed by atoms with Crippen molar-refractivity contribution in [1.82, 2.24) is 9.88 Å². The van der Waals surface area contributed by atoms with Crippen molar-refractivity contribution in [2.24, 2.45) is 0 Å². The lowest BCUT2D eigenvalue weighted by molar-refractivity contribution is -0.129. The number of amides is 1. The van der Waals surface area contributed by atoms with Crippen LogP contribution < -0.4 is 0 Å². The Bertz CT molecular complexity index is 432. The van der Waals surface area contributed by atoms with Gasteiger partial charge in [0, 0.05) is 25.9 Å². The first-order valence-electron chi connectivity index (χ1n) is 5.52. The molecule has 2 rings (SSSR count). The SMILES string of the molecule is CC(=O)N1CCC(c2nc(C(=O)O)co2)CC1. The number of aromatic nitrogens is 1. The highest BCUT2D eigenvalue weighted by Crippen LogP contribution is 2.27. The summed E-state index contributed by atoms with van der Waals surface area (Å²) in [5.41, 5.74) is -0.0611. The van der Waals surface area contributed by atoms with Gasteiger partial charge in [-0.05, 0) is 12.8 Å². The predicted octanol–water partition coefficient (Wildman–Crippen LogP) is 1.10. The Labute approximate surface area is 98.2 Å². The summed E-state index contributed by atoms with van der Waals surface area (Å²) in [6, 6.07) is 0. The highest BCUT2D eigenvalue weighted by atomic mass is 16.4. The van der Waals surface area contributed by atoms with E-state index >= 15 is 0 Å². The summed E-state index contributed by atoms with van der Waals surface area (Å²) in [4.78, 5) is 27.5. The number of carbonyl (C=O) groups excluding carboxylic acids is 1. The van der Waals surface area contributed by atoms with Gasteiger partial charge in [0.25, 0.3) is 0 Å². The summed E-state index contributed by atoms with van der Waals surface area (Å²) < 4.78 is 5.17. The highest BCUT2D eigenvalue weighted by Gasteiger charge is 2.26. The monoisotopic (exact) mass is 238 g/mol. The molecule has 92 valence electrons. The van der Waals surface area contributed by atoms with Crippen molar-refractivity contribution in [3.05, 3.63) is 17.8 Å². The van der Waals surface area contributed by atoms with Gasteiger partial charge in [0.15, 0.2) is 11.6 Å². The van der Waals surface area contributed by atoms with Crippen molar-refractivity contribution in [2.75, 3.05) is 13.1 Å².